The Hall–Kier alpha value is -2.50. The minimum atomic E-state index is -0.0897. The summed E-state index contributed by atoms with van der Waals surface area (Å²) in [5, 5.41) is 3.25. The van der Waals surface area contributed by atoms with E-state index in [-0.39, 0.29) is 5.91 Å². The molecule has 128 valence electrons. The van der Waals surface area contributed by atoms with Crippen molar-refractivity contribution in [3.05, 3.63) is 47.7 Å². The first-order chi connectivity index (χ1) is 11.6. The molecule has 2 aromatic heterocycles. The first-order valence-corrected chi connectivity index (χ1v) is 8.34. The van der Waals surface area contributed by atoms with Gasteiger partial charge in [-0.25, -0.2) is 9.97 Å². The van der Waals surface area contributed by atoms with Crippen LogP contribution in [0.1, 0.15) is 41.6 Å². The SMILES string of the molecule is CCCCNc1cc(C(=O)N(C)CCc2ccncc2)nc(C)n1. The van der Waals surface area contributed by atoms with Gasteiger partial charge in [0.1, 0.15) is 17.3 Å². The summed E-state index contributed by atoms with van der Waals surface area (Å²) in [5.41, 5.74) is 1.59. The van der Waals surface area contributed by atoms with Gasteiger partial charge in [0.15, 0.2) is 0 Å². The molecule has 0 bridgehead atoms. The van der Waals surface area contributed by atoms with E-state index >= 15 is 0 Å². The summed E-state index contributed by atoms with van der Waals surface area (Å²) >= 11 is 0. The summed E-state index contributed by atoms with van der Waals surface area (Å²) in [4.78, 5) is 26.9. The number of pyridine rings is 1. The van der Waals surface area contributed by atoms with E-state index in [4.69, 9.17) is 0 Å². The predicted octanol–water partition coefficient (Wildman–Crippen LogP) is 2.71. The van der Waals surface area contributed by atoms with Gasteiger partial charge < -0.3 is 10.2 Å². The Morgan fingerprint density at radius 1 is 1.25 bits per heavy atom. The van der Waals surface area contributed by atoms with Gasteiger partial charge in [-0.2, -0.15) is 0 Å². The van der Waals surface area contributed by atoms with Crippen LogP contribution < -0.4 is 5.32 Å². The molecule has 0 saturated heterocycles. The van der Waals surface area contributed by atoms with Crippen LogP contribution >= 0.6 is 0 Å². The maximum Gasteiger partial charge on any atom is 0.272 e. The summed E-state index contributed by atoms with van der Waals surface area (Å²) in [6.07, 6.45) is 6.49. The molecule has 0 unspecified atom stereocenters. The lowest BCUT2D eigenvalue weighted by Gasteiger charge is -2.17. The number of aromatic nitrogens is 3. The van der Waals surface area contributed by atoms with Crippen LogP contribution in [0.4, 0.5) is 5.82 Å². The maximum absolute atomic E-state index is 12.6. The van der Waals surface area contributed by atoms with Crippen molar-refractivity contribution in [3.8, 4) is 0 Å². The molecule has 0 atom stereocenters. The fourth-order valence-corrected chi connectivity index (χ4v) is 2.30. The number of rotatable bonds is 8. The van der Waals surface area contributed by atoms with Crippen molar-refractivity contribution in [2.24, 2.45) is 0 Å². The van der Waals surface area contributed by atoms with Gasteiger partial charge in [0.25, 0.3) is 5.91 Å². The van der Waals surface area contributed by atoms with Crippen LogP contribution in [0, 0.1) is 6.92 Å². The van der Waals surface area contributed by atoms with Crippen LogP contribution in [0.5, 0.6) is 0 Å². The third-order valence-corrected chi connectivity index (χ3v) is 3.73. The second-order valence-electron chi connectivity index (χ2n) is 5.80. The first-order valence-electron chi connectivity index (χ1n) is 8.34. The van der Waals surface area contributed by atoms with Gasteiger partial charge >= 0.3 is 0 Å². The number of amides is 1. The Labute approximate surface area is 143 Å². The van der Waals surface area contributed by atoms with Gasteiger partial charge in [0, 0.05) is 38.6 Å². The number of aryl methyl sites for hydroxylation is 1. The zero-order valence-electron chi connectivity index (χ0n) is 14.6. The number of hydrogen-bond donors (Lipinski definition) is 1. The highest BCUT2D eigenvalue weighted by Gasteiger charge is 2.15. The number of anilines is 1. The predicted molar refractivity (Wildman–Crippen MR) is 95.1 cm³/mol. The average molecular weight is 327 g/mol. The molecule has 1 N–H and O–H groups in total. The topological polar surface area (TPSA) is 71.0 Å². The third kappa shape index (κ3) is 5.30. The van der Waals surface area contributed by atoms with Gasteiger partial charge in [-0.05, 0) is 37.5 Å². The lowest BCUT2D eigenvalue weighted by Crippen LogP contribution is -2.30. The molecule has 0 aliphatic heterocycles. The highest BCUT2D eigenvalue weighted by molar-refractivity contribution is 5.92. The van der Waals surface area contributed by atoms with Crippen molar-refractivity contribution in [2.75, 3.05) is 25.5 Å². The molecule has 6 heteroatoms. The Morgan fingerprint density at radius 3 is 2.71 bits per heavy atom. The Balaban J connectivity index is 1.99. The van der Waals surface area contributed by atoms with Crippen molar-refractivity contribution >= 4 is 11.7 Å². The number of likely N-dealkylation sites (N-methyl/N-ethyl adjacent to an activating group) is 1. The van der Waals surface area contributed by atoms with Crippen molar-refractivity contribution in [1.29, 1.82) is 0 Å². The Kier molecular flexibility index (Phi) is 6.66. The van der Waals surface area contributed by atoms with Gasteiger partial charge in [-0.1, -0.05) is 13.3 Å². The Morgan fingerprint density at radius 2 is 2.00 bits per heavy atom. The smallest absolute Gasteiger partial charge is 0.272 e. The molecule has 2 heterocycles. The fraction of sp³-hybridized carbons (Fsp3) is 0.444. The van der Waals surface area contributed by atoms with Crippen LogP contribution in [0.15, 0.2) is 30.6 Å². The molecule has 0 aliphatic rings. The highest BCUT2D eigenvalue weighted by atomic mass is 16.2. The molecule has 24 heavy (non-hydrogen) atoms. The number of hydrogen-bond acceptors (Lipinski definition) is 5. The lowest BCUT2D eigenvalue weighted by atomic mass is 10.2. The summed E-state index contributed by atoms with van der Waals surface area (Å²) < 4.78 is 0. The molecule has 0 aromatic carbocycles. The van der Waals surface area contributed by atoms with Gasteiger partial charge in [0.2, 0.25) is 0 Å². The van der Waals surface area contributed by atoms with Gasteiger partial charge in [-0.15, -0.1) is 0 Å². The number of unbranched alkanes of at least 4 members (excludes halogenated alkanes) is 1. The van der Waals surface area contributed by atoms with E-state index in [0.717, 1.165) is 31.4 Å². The fourth-order valence-electron chi connectivity index (χ4n) is 2.30. The van der Waals surface area contributed by atoms with E-state index in [1.54, 1.807) is 37.3 Å². The molecule has 0 spiro atoms. The molecule has 0 fully saturated rings. The molecule has 0 aliphatic carbocycles. The van der Waals surface area contributed by atoms with E-state index in [1.165, 1.54) is 0 Å². The molecule has 6 nitrogen and oxygen atoms in total. The maximum atomic E-state index is 12.6. The quantitative estimate of drug-likeness (QED) is 0.755. The molecule has 1 amide bonds. The van der Waals surface area contributed by atoms with E-state index in [2.05, 4.69) is 27.2 Å². The largest absolute Gasteiger partial charge is 0.370 e. The van der Waals surface area contributed by atoms with Crippen LogP contribution in [0.2, 0.25) is 0 Å². The van der Waals surface area contributed by atoms with Crippen LogP contribution in [-0.2, 0) is 6.42 Å². The molecule has 0 saturated carbocycles. The summed E-state index contributed by atoms with van der Waals surface area (Å²) in [6.45, 7) is 5.42. The molecule has 0 radical (unpaired) electrons. The normalized spacial score (nSPS) is 10.5. The van der Waals surface area contributed by atoms with Crippen LogP contribution in [-0.4, -0.2) is 45.9 Å². The summed E-state index contributed by atoms with van der Waals surface area (Å²) in [7, 11) is 1.80. The van der Waals surface area contributed by atoms with E-state index in [0.29, 0.717) is 23.9 Å². The second-order valence-corrected chi connectivity index (χ2v) is 5.80. The molecule has 2 aromatic rings. The third-order valence-electron chi connectivity index (χ3n) is 3.73. The zero-order chi connectivity index (χ0) is 17.4. The van der Waals surface area contributed by atoms with E-state index < -0.39 is 0 Å². The average Bonchev–Trinajstić information content (AvgIpc) is 2.59. The van der Waals surface area contributed by atoms with Gasteiger partial charge in [-0.3, -0.25) is 9.78 Å². The monoisotopic (exact) mass is 327 g/mol. The van der Waals surface area contributed by atoms with Crippen molar-refractivity contribution in [2.45, 2.75) is 33.1 Å². The second kappa shape index (κ2) is 8.96. The lowest BCUT2D eigenvalue weighted by molar-refractivity contribution is 0.0790. The standard InChI is InChI=1S/C18H25N5O/c1-4-5-9-20-17-13-16(21-14(2)22-17)18(24)23(3)12-8-15-6-10-19-11-7-15/h6-7,10-11,13H,4-5,8-9,12H2,1-3H3,(H,20,21,22). The highest BCUT2D eigenvalue weighted by Crippen LogP contribution is 2.10. The molecular weight excluding hydrogens is 302 g/mol. The van der Waals surface area contributed by atoms with Gasteiger partial charge in [0.05, 0.1) is 0 Å². The molecular formula is C18H25N5O. The summed E-state index contributed by atoms with van der Waals surface area (Å²) in [5.74, 6) is 1.22. The van der Waals surface area contributed by atoms with Crippen molar-refractivity contribution in [1.82, 2.24) is 19.9 Å². The number of nitrogens with zero attached hydrogens (tertiary/aromatic N) is 4. The zero-order valence-corrected chi connectivity index (χ0v) is 14.6. The number of carbonyl (C=O) groups excluding carboxylic acids is 1. The van der Waals surface area contributed by atoms with E-state index in [1.807, 2.05) is 12.1 Å². The van der Waals surface area contributed by atoms with Crippen LogP contribution in [0.25, 0.3) is 0 Å². The van der Waals surface area contributed by atoms with Crippen molar-refractivity contribution < 1.29 is 4.79 Å². The number of nitrogens with one attached hydrogen (secondary N) is 1. The van der Waals surface area contributed by atoms with Crippen LogP contribution in [0.3, 0.4) is 0 Å². The first kappa shape index (κ1) is 17.8. The molecule has 2 rings (SSSR count). The van der Waals surface area contributed by atoms with E-state index in [9.17, 15) is 4.79 Å². The minimum Gasteiger partial charge on any atom is -0.370 e. The number of carbonyl (C=O) groups is 1. The Bertz CT molecular complexity index is 660. The van der Waals surface area contributed by atoms with Crippen molar-refractivity contribution in [3.63, 3.8) is 0 Å². The minimum absolute atomic E-state index is 0.0897. The summed E-state index contributed by atoms with van der Waals surface area (Å²) in [6, 6.07) is 5.65.